The van der Waals surface area contributed by atoms with Gasteiger partial charge < -0.3 is 15.5 Å². The Morgan fingerprint density at radius 1 is 1.21 bits per heavy atom. The lowest BCUT2D eigenvalue weighted by Crippen LogP contribution is -2.39. The van der Waals surface area contributed by atoms with Crippen LogP contribution in [0.4, 0.5) is 0 Å². The van der Waals surface area contributed by atoms with Gasteiger partial charge in [0.15, 0.2) is 0 Å². The Labute approximate surface area is 119 Å². The van der Waals surface area contributed by atoms with Crippen LogP contribution < -0.4 is 5.32 Å². The first-order chi connectivity index (χ1) is 9.15. The fourth-order valence-corrected chi connectivity index (χ4v) is 3.72. The molecule has 2 rings (SSSR count). The summed E-state index contributed by atoms with van der Waals surface area (Å²) in [5, 5.41) is 22.5. The van der Waals surface area contributed by atoms with Crippen molar-refractivity contribution in [2.45, 2.75) is 43.4 Å². The highest BCUT2D eigenvalue weighted by Crippen LogP contribution is 2.38. The minimum atomic E-state index is 0.106. The Kier molecular flexibility index (Phi) is 4.99. The molecule has 1 saturated carbocycles. The Morgan fingerprint density at radius 2 is 1.95 bits per heavy atom. The predicted octanol–water partition coefficient (Wildman–Crippen LogP) is 3.25. The van der Waals surface area contributed by atoms with Crippen LogP contribution >= 0.6 is 11.8 Å². The van der Waals surface area contributed by atoms with Crippen LogP contribution in [0.3, 0.4) is 0 Å². The van der Waals surface area contributed by atoms with Crippen LogP contribution in [0, 0.1) is 0 Å². The van der Waals surface area contributed by atoms with E-state index < -0.39 is 0 Å². The number of aromatic hydroxyl groups is 2. The minimum Gasteiger partial charge on any atom is -0.508 e. The van der Waals surface area contributed by atoms with Gasteiger partial charge in [0, 0.05) is 29.5 Å². The minimum absolute atomic E-state index is 0.106. The summed E-state index contributed by atoms with van der Waals surface area (Å²) in [6.07, 6.45) is 8.78. The average Bonchev–Trinajstić information content (AvgIpc) is 2.42. The Bertz CT molecular complexity index is 417. The summed E-state index contributed by atoms with van der Waals surface area (Å²) < 4.78 is 0.366. The summed E-state index contributed by atoms with van der Waals surface area (Å²) in [4.78, 5) is 0. The number of hydrogen-bond donors (Lipinski definition) is 3. The normalized spacial score (nSPS) is 18.4. The molecule has 0 saturated heterocycles. The summed E-state index contributed by atoms with van der Waals surface area (Å²) in [6.45, 7) is 1.63. The standard InChI is InChI=1S/C15H23NO2S/c1-19-15(7-3-2-4-8-15)11-16-10-12-5-6-13(17)9-14(12)18/h5-6,9,16-18H,2-4,7-8,10-11H2,1H3. The van der Waals surface area contributed by atoms with E-state index in [1.807, 2.05) is 11.8 Å². The SMILES string of the molecule is CSC1(CNCc2ccc(O)cc2O)CCCCC1. The molecule has 0 aliphatic heterocycles. The van der Waals surface area contributed by atoms with Gasteiger partial charge in [-0.05, 0) is 25.2 Å². The summed E-state index contributed by atoms with van der Waals surface area (Å²) in [5.41, 5.74) is 0.838. The third kappa shape index (κ3) is 3.80. The van der Waals surface area contributed by atoms with Crippen LogP contribution in [0.15, 0.2) is 18.2 Å². The van der Waals surface area contributed by atoms with Gasteiger partial charge >= 0.3 is 0 Å². The predicted molar refractivity (Wildman–Crippen MR) is 80.8 cm³/mol. The maximum Gasteiger partial charge on any atom is 0.123 e. The maximum atomic E-state index is 9.74. The molecule has 1 aromatic rings. The lowest BCUT2D eigenvalue weighted by molar-refractivity contribution is 0.377. The van der Waals surface area contributed by atoms with Crippen LogP contribution in [-0.2, 0) is 6.54 Å². The molecule has 19 heavy (non-hydrogen) atoms. The molecule has 0 bridgehead atoms. The fourth-order valence-electron chi connectivity index (χ4n) is 2.78. The van der Waals surface area contributed by atoms with Crippen molar-refractivity contribution in [3.05, 3.63) is 23.8 Å². The molecule has 1 fully saturated rings. The number of hydrogen-bond acceptors (Lipinski definition) is 4. The van der Waals surface area contributed by atoms with E-state index in [1.54, 1.807) is 12.1 Å². The second kappa shape index (κ2) is 6.53. The number of phenolic OH excluding ortho intramolecular Hbond substituents is 2. The second-order valence-electron chi connectivity index (χ2n) is 5.36. The first kappa shape index (κ1) is 14.5. The van der Waals surface area contributed by atoms with Crippen LogP contribution in [0.1, 0.15) is 37.7 Å². The smallest absolute Gasteiger partial charge is 0.123 e. The Hall–Kier alpha value is -0.870. The first-order valence-electron chi connectivity index (χ1n) is 6.92. The van der Waals surface area contributed by atoms with Gasteiger partial charge in [0.2, 0.25) is 0 Å². The lowest BCUT2D eigenvalue weighted by Gasteiger charge is -2.36. The Balaban J connectivity index is 1.88. The van der Waals surface area contributed by atoms with Crippen molar-refractivity contribution in [2.24, 2.45) is 0 Å². The molecule has 4 heteroatoms. The van der Waals surface area contributed by atoms with E-state index in [9.17, 15) is 10.2 Å². The maximum absolute atomic E-state index is 9.74. The van der Waals surface area contributed by atoms with Gasteiger partial charge in [0.1, 0.15) is 11.5 Å². The molecule has 0 heterocycles. The largest absolute Gasteiger partial charge is 0.508 e. The van der Waals surface area contributed by atoms with Gasteiger partial charge in [-0.25, -0.2) is 0 Å². The van der Waals surface area contributed by atoms with Crippen LogP contribution in [0.5, 0.6) is 11.5 Å². The third-order valence-corrected chi connectivity index (χ3v) is 5.45. The molecular weight excluding hydrogens is 258 g/mol. The second-order valence-corrected chi connectivity index (χ2v) is 6.64. The molecular formula is C15H23NO2S. The molecule has 1 aliphatic rings. The van der Waals surface area contributed by atoms with E-state index in [4.69, 9.17) is 0 Å². The highest BCUT2D eigenvalue weighted by atomic mass is 32.2. The molecule has 0 radical (unpaired) electrons. The van der Waals surface area contributed by atoms with Gasteiger partial charge in [0.05, 0.1) is 0 Å². The molecule has 0 spiro atoms. The highest BCUT2D eigenvalue weighted by Gasteiger charge is 2.30. The van der Waals surface area contributed by atoms with Crippen LogP contribution in [0.2, 0.25) is 0 Å². The van der Waals surface area contributed by atoms with Gasteiger partial charge in [-0.1, -0.05) is 25.3 Å². The van der Waals surface area contributed by atoms with Gasteiger partial charge in [0.25, 0.3) is 0 Å². The number of rotatable bonds is 5. The number of phenols is 2. The molecule has 0 aromatic heterocycles. The molecule has 3 N–H and O–H groups in total. The summed E-state index contributed by atoms with van der Waals surface area (Å²) in [6, 6.07) is 4.77. The summed E-state index contributed by atoms with van der Waals surface area (Å²) in [5.74, 6) is 0.267. The van der Waals surface area contributed by atoms with Gasteiger partial charge in [-0.15, -0.1) is 0 Å². The van der Waals surface area contributed by atoms with E-state index in [2.05, 4.69) is 11.6 Å². The molecule has 1 aromatic carbocycles. The van der Waals surface area contributed by atoms with Crippen LogP contribution in [0.25, 0.3) is 0 Å². The molecule has 0 amide bonds. The van der Waals surface area contributed by atoms with E-state index in [1.165, 1.54) is 38.2 Å². The molecule has 106 valence electrons. The average molecular weight is 281 g/mol. The zero-order valence-corrected chi connectivity index (χ0v) is 12.3. The monoisotopic (exact) mass is 281 g/mol. The molecule has 0 unspecified atom stereocenters. The quantitative estimate of drug-likeness (QED) is 0.775. The lowest BCUT2D eigenvalue weighted by atomic mass is 9.88. The first-order valence-corrected chi connectivity index (χ1v) is 8.14. The van der Waals surface area contributed by atoms with E-state index in [0.29, 0.717) is 11.3 Å². The van der Waals surface area contributed by atoms with Crippen molar-refractivity contribution in [1.29, 1.82) is 0 Å². The Morgan fingerprint density at radius 3 is 2.58 bits per heavy atom. The zero-order chi connectivity index (χ0) is 13.7. The highest BCUT2D eigenvalue weighted by molar-refractivity contribution is 8.00. The fraction of sp³-hybridized carbons (Fsp3) is 0.600. The van der Waals surface area contributed by atoms with E-state index in [0.717, 1.165) is 12.1 Å². The van der Waals surface area contributed by atoms with Crippen molar-refractivity contribution in [2.75, 3.05) is 12.8 Å². The molecule has 3 nitrogen and oxygen atoms in total. The van der Waals surface area contributed by atoms with Crippen molar-refractivity contribution in [3.63, 3.8) is 0 Å². The molecule has 1 aliphatic carbocycles. The van der Waals surface area contributed by atoms with E-state index >= 15 is 0 Å². The zero-order valence-electron chi connectivity index (χ0n) is 11.5. The number of nitrogens with one attached hydrogen (secondary N) is 1. The van der Waals surface area contributed by atoms with E-state index in [-0.39, 0.29) is 11.5 Å². The van der Waals surface area contributed by atoms with Crippen molar-refractivity contribution >= 4 is 11.8 Å². The van der Waals surface area contributed by atoms with Gasteiger partial charge in [-0.3, -0.25) is 0 Å². The number of benzene rings is 1. The van der Waals surface area contributed by atoms with Crippen LogP contribution in [-0.4, -0.2) is 27.8 Å². The van der Waals surface area contributed by atoms with Gasteiger partial charge in [-0.2, -0.15) is 11.8 Å². The van der Waals surface area contributed by atoms with Crippen molar-refractivity contribution < 1.29 is 10.2 Å². The topological polar surface area (TPSA) is 52.5 Å². The summed E-state index contributed by atoms with van der Waals surface area (Å²) in [7, 11) is 0. The third-order valence-electron chi connectivity index (χ3n) is 4.03. The molecule has 0 atom stereocenters. The van der Waals surface area contributed by atoms with Crippen molar-refractivity contribution in [3.8, 4) is 11.5 Å². The number of thioether (sulfide) groups is 1. The summed E-state index contributed by atoms with van der Waals surface area (Å²) >= 11 is 1.97. The van der Waals surface area contributed by atoms with Crippen molar-refractivity contribution in [1.82, 2.24) is 5.32 Å².